The topological polar surface area (TPSA) is 87.4 Å². The Labute approximate surface area is 182 Å². The van der Waals surface area contributed by atoms with Crippen LogP contribution < -0.4 is 4.90 Å². The molecule has 0 spiro atoms. The number of nitrogens with zero attached hydrogens (tertiary/aromatic N) is 1. The van der Waals surface area contributed by atoms with Crippen molar-refractivity contribution in [3.05, 3.63) is 52.8 Å². The number of fused-ring (bicyclic) bond motifs is 1. The van der Waals surface area contributed by atoms with E-state index in [1.165, 1.54) is 0 Å². The molecular weight excluding hydrogens is 394 g/mol. The number of benzene rings is 1. The number of ether oxygens (including phenoxy) is 2. The van der Waals surface area contributed by atoms with Gasteiger partial charge in [0.2, 0.25) is 0 Å². The van der Waals surface area contributed by atoms with Crippen LogP contribution in [-0.4, -0.2) is 41.2 Å². The maximum absolute atomic E-state index is 12.9. The van der Waals surface area contributed by atoms with Gasteiger partial charge in [0.05, 0.1) is 6.61 Å². The molecule has 0 atom stereocenters. The summed E-state index contributed by atoms with van der Waals surface area (Å²) in [5.74, 6) is -0.392. The smallest absolute Gasteiger partial charge is 0.355 e. The van der Waals surface area contributed by atoms with Gasteiger partial charge in [-0.15, -0.1) is 0 Å². The summed E-state index contributed by atoms with van der Waals surface area (Å²) in [6.07, 6.45) is 2.39. The summed E-state index contributed by atoms with van der Waals surface area (Å²) in [6.45, 7) is 9.91. The van der Waals surface area contributed by atoms with Gasteiger partial charge in [-0.3, -0.25) is 0 Å². The molecule has 166 valence electrons. The molecule has 3 rings (SSSR count). The molecule has 0 radical (unpaired) electrons. The molecule has 1 aromatic carbocycles. The van der Waals surface area contributed by atoms with E-state index < -0.39 is 17.5 Å². The van der Waals surface area contributed by atoms with Crippen LogP contribution in [0.4, 0.5) is 5.82 Å². The Balaban J connectivity index is 2.01. The first-order chi connectivity index (χ1) is 14.6. The van der Waals surface area contributed by atoms with E-state index in [0.717, 1.165) is 16.5 Å². The number of aromatic amines is 2. The minimum absolute atomic E-state index is 0.252. The van der Waals surface area contributed by atoms with Crippen molar-refractivity contribution >= 4 is 28.7 Å². The Bertz CT molecular complexity index is 1090. The van der Waals surface area contributed by atoms with E-state index in [0.29, 0.717) is 35.6 Å². The standard InChI is InChI=1S/C24H31N3O4/c1-7-17-19(22(28)30-8-2)21(26-20(17)23(29)31-24(3,4)5)27(6)14-15-9-10-16-11-12-25-18(16)13-15/h9-13,25-26H,7-8,14H2,1-6H3. The Morgan fingerprint density at radius 1 is 1.10 bits per heavy atom. The van der Waals surface area contributed by atoms with E-state index >= 15 is 0 Å². The van der Waals surface area contributed by atoms with Crippen molar-refractivity contribution in [3.63, 3.8) is 0 Å². The number of esters is 2. The monoisotopic (exact) mass is 425 g/mol. The van der Waals surface area contributed by atoms with E-state index in [2.05, 4.69) is 28.2 Å². The van der Waals surface area contributed by atoms with Crippen molar-refractivity contribution in [3.8, 4) is 0 Å². The molecule has 0 unspecified atom stereocenters. The second kappa shape index (κ2) is 8.88. The average Bonchev–Trinajstić information content (AvgIpc) is 3.30. The first-order valence-corrected chi connectivity index (χ1v) is 10.6. The second-order valence-electron chi connectivity index (χ2n) is 8.53. The molecule has 0 saturated carbocycles. The minimum Gasteiger partial charge on any atom is -0.462 e. The zero-order valence-electron chi connectivity index (χ0n) is 19.1. The normalized spacial score (nSPS) is 11.5. The van der Waals surface area contributed by atoms with Crippen LogP contribution in [0.3, 0.4) is 0 Å². The summed E-state index contributed by atoms with van der Waals surface area (Å²) in [6, 6.07) is 8.20. The van der Waals surface area contributed by atoms with Crippen molar-refractivity contribution < 1.29 is 19.1 Å². The van der Waals surface area contributed by atoms with Gasteiger partial charge in [0, 0.05) is 30.9 Å². The van der Waals surface area contributed by atoms with Gasteiger partial charge in [0.15, 0.2) is 0 Å². The number of hydrogen-bond acceptors (Lipinski definition) is 5. The number of carbonyl (C=O) groups is 2. The maximum atomic E-state index is 12.9. The molecule has 7 nitrogen and oxygen atoms in total. The van der Waals surface area contributed by atoms with Gasteiger partial charge in [0.1, 0.15) is 22.7 Å². The third-order valence-corrected chi connectivity index (χ3v) is 4.94. The quantitative estimate of drug-likeness (QED) is 0.530. The van der Waals surface area contributed by atoms with Gasteiger partial charge < -0.3 is 24.3 Å². The number of anilines is 1. The molecule has 2 heterocycles. The van der Waals surface area contributed by atoms with Crippen molar-refractivity contribution in [2.75, 3.05) is 18.6 Å². The summed E-state index contributed by atoms with van der Waals surface area (Å²) >= 11 is 0. The number of hydrogen-bond donors (Lipinski definition) is 2. The molecule has 7 heteroatoms. The molecule has 0 aliphatic heterocycles. The summed E-state index contributed by atoms with van der Waals surface area (Å²) in [7, 11) is 1.88. The Hall–Kier alpha value is -3.22. The molecule has 0 amide bonds. The summed E-state index contributed by atoms with van der Waals surface area (Å²) in [5.41, 5.74) is 2.75. The molecule has 0 aliphatic rings. The van der Waals surface area contributed by atoms with E-state index in [1.807, 2.05) is 51.9 Å². The minimum atomic E-state index is -0.644. The van der Waals surface area contributed by atoms with Crippen molar-refractivity contribution in [1.29, 1.82) is 0 Å². The number of aromatic nitrogens is 2. The highest BCUT2D eigenvalue weighted by atomic mass is 16.6. The maximum Gasteiger partial charge on any atom is 0.355 e. The second-order valence-corrected chi connectivity index (χ2v) is 8.53. The van der Waals surface area contributed by atoms with Crippen molar-refractivity contribution in [2.45, 2.75) is 53.2 Å². The molecule has 0 aliphatic carbocycles. The Morgan fingerprint density at radius 2 is 1.84 bits per heavy atom. The third kappa shape index (κ3) is 4.93. The fraction of sp³-hybridized carbons (Fsp3) is 0.417. The van der Waals surface area contributed by atoms with Gasteiger partial charge in [-0.05, 0) is 57.2 Å². The summed E-state index contributed by atoms with van der Waals surface area (Å²) < 4.78 is 10.9. The molecule has 3 aromatic rings. The molecule has 0 bridgehead atoms. The van der Waals surface area contributed by atoms with Crippen LogP contribution in [0.5, 0.6) is 0 Å². The van der Waals surface area contributed by atoms with E-state index in [1.54, 1.807) is 6.92 Å². The van der Waals surface area contributed by atoms with Crippen LogP contribution >= 0.6 is 0 Å². The zero-order valence-corrected chi connectivity index (χ0v) is 19.1. The summed E-state index contributed by atoms with van der Waals surface area (Å²) in [4.78, 5) is 34.0. The lowest BCUT2D eigenvalue weighted by atomic mass is 10.1. The van der Waals surface area contributed by atoms with Gasteiger partial charge in [-0.2, -0.15) is 0 Å². The number of nitrogens with one attached hydrogen (secondary N) is 2. The Morgan fingerprint density at radius 3 is 2.48 bits per heavy atom. The van der Waals surface area contributed by atoms with Gasteiger partial charge in [-0.25, -0.2) is 9.59 Å². The fourth-order valence-electron chi connectivity index (χ4n) is 3.64. The van der Waals surface area contributed by atoms with E-state index in [4.69, 9.17) is 9.47 Å². The van der Waals surface area contributed by atoms with Crippen LogP contribution in [0.15, 0.2) is 30.5 Å². The fourth-order valence-corrected chi connectivity index (χ4v) is 3.64. The molecule has 2 aromatic heterocycles. The average molecular weight is 426 g/mol. The van der Waals surface area contributed by atoms with Crippen molar-refractivity contribution in [1.82, 2.24) is 9.97 Å². The highest BCUT2D eigenvalue weighted by molar-refractivity contribution is 6.02. The highest BCUT2D eigenvalue weighted by Gasteiger charge is 2.30. The van der Waals surface area contributed by atoms with Crippen molar-refractivity contribution in [2.24, 2.45) is 0 Å². The van der Waals surface area contributed by atoms with Crippen LogP contribution in [0, 0.1) is 0 Å². The molecule has 31 heavy (non-hydrogen) atoms. The van der Waals surface area contributed by atoms with Crippen LogP contribution in [0.2, 0.25) is 0 Å². The number of H-pyrrole nitrogens is 2. The predicted molar refractivity (Wildman–Crippen MR) is 122 cm³/mol. The largest absolute Gasteiger partial charge is 0.462 e. The molecule has 0 saturated heterocycles. The van der Waals surface area contributed by atoms with E-state index in [9.17, 15) is 9.59 Å². The SMILES string of the molecule is CCOC(=O)c1c(N(C)Cc2ccc3cc[nH]c3c2)[nH]c(C(=O)OC(C)(C)C)c1CC. The van der Waals surface area contributed by atoms with E-state index in [-0.39, 0.29) is 6.61 Å². The summed E-state index contributed by atoms with van der Waals surface area (Å²) in [5, 5.41) is 1.14. The molecule has 2 N–H and O–H groups in total. The highest BCUT2D eigenvalue weighted by Crippen LogP contribution is 2.30. The Kier molecular flexibility index (Phi) is 6.43. The van der Waals surface area contributed by atoms with Crippen LogP contribution in [0.25, 0.3) is 10.9 Å². The van der Waals surface area contributed by atoms with Gasteiger partial charge >= 0.3 is 11.9 Å². The zero-order chi connectivity index (χ0) is 22.8. The lowest BCUT2D eigenvalue weighted by Gasteiger charge is -2.20. The first-order valence-electron chi connectivity index (χ1n) is 10.6. The predicted octanol–water partition coefficient (Wildman–Crippen LogP) is 4.83. The molecular formula is C24H31N3O4. The number of rotatable bonds is 7. The van der Waals surface area contributed by atoms with Crippen LogP contribution in [-0.2, 0) is 22.4 Å². The van der Waals surface area contributed by atoms with Gasteiger partial charge in [0.25, 0.3) is 0 Å². The van der Waals surface area contributed by atoms with Gasteiger partial charge in [-0.1, -0.05) is 19.1 Å². The first kappa shape index (κ1) is 22.5. The lowest BCUT2D eigenvalue weighted by Crippen LogP contribution is -2.25. The van der Waals surface area contributed by atoms with Crippen LogP contribution in [0.1, 0.15) is 66.6 Å². The number of carbonyl (C=O) groups excluding carboxylic acids is 2. The lowest BCUT2D eigenvalue weighted by molar-refractivity contribution is 0.00624. The third-order valence-electron chi connectivity index (χ3n) is 4.94. The molecule has 0 fully saturated rings.